The number of H-pyrrole nitrogens is 1. The summed E-state index contributed by atoms with van der Waals surface area (Å²) in [4.78, 5) is 0. The van der Waals surface area contributed by atoms with Crippen LogP contribution in [-0.4, -0.2) is 16.2 Å². The lowest BCUT2D eigenvalue weighted by atomic mass is 9.82. The second-order valence-electron chi connectivity index (χ2n) is 4.91. The summed E-state index contributed by atoms with van der Waals surface area (Å²) in [5, 5.41) is 11.9. The Morgan fingerprint density at radius 1 is 1.44 bits per heavy atom. The summed E-state index contributed by atoms with van der Waals surface area (Å²) in [6.07, 6.45) is 4.52. The highest BCUT2D eigenvalue weighted by Crippen LogP contribution is 2.26. The Balaban J connectivity index is 1.71. The fraction of sp³-hybridized carbons (Fsp3) is 0.462. The summed E-state index contributed by atoms with van der Waals surface area (Å²) in [7, 11) is 0. The van der Waals surface area contributed by atoms with E-state index in [4.69, 9.17) is 0 Å². The van der Waals surface area contributed by atoms with Crippen molar-refractivity contribution < 1.29 is 0 Å². The van der Waals surface area contributed by atoms with Gasteiger partial charge in [0, 0.05) is 18.0 Å². The molecule has 0 unspecified atom stereocenters. The maximum atomic E-state index is 4.08. The highest BCUT2D eigenvalue weighted by molar-refractivity contribution is 5.81. The van der Waals surface area contributed by atoms with Crippen molar-refractivity contribution >= 4 is 10.9 Å². The number of fused-ring (bicyclic) bond motifs is 1. The minimum atomic E-state index is 0.716. The Labute approximate surface area is 95.2 Å². The summed E-state index contributed by atoms with van der Waals surface area (Å²) in [6.45, 7) is 3.25. The number of hydrogen-bond donors (Lipinski definition) is 2. The summed E-state index contributed by atoms with van der Waals surface area (Å²) in [6, 6.07) is 7.06. The standard InChI is InChI=1S/C13H17N3/c1-9-5-12(6-9)14-7-10-3-2-4-11-8-15-16-13(10)11/h2-4,8-9,12,14H,5-7H2,1H3,(H,15,16). The van der Waals surface area contributed by atoms with Crippen LogP contribution in [0.3, 0.4) is 0 Å². The van der Waals surface area contributed by atoms with Gasteiger partial charge in [-0.2, -0.15) is 5.10 Å². The van der Waals surface area contributed by atoms with Crippen molar-refractivity contribution in [3.8, 4) is 0 Å². The van der Waals surface area contributed by atoms with E-state index in [0.717, 1.165) is 12.5 Å². The summed E-state index contributed by atoms with van der Waals surface area (Å²) < 4.78 is 0. The van der Waals surface area contributed by atoms with Crippen molar-refractivity contribution in [2.45, 2.75) is 32.4 Å². The van der Waals surface area contributed by atoms with Gasteiger partial charge in [0.1, 0.15) is 0 Å². The molecule has 0 bridgehead atoms. The highest BCUT2D eigenvalue weighted by atomic mass is 15.1. The van der Waals surface area contributed by atoms with Crippen molar-refractivity contribution in [1.29, 1.82) is 0 Å². The molecule has 3 rings (SSSR count). The number of nitrogens with zero attached hydrogens (tertiary/aromatic N) is 1. The Morgan fingerprint density at radius 2 is 2.31 bits per heavy atom. The predicted octanol–water partition coefficient (Wildman–Crippen LogP) is 2.45. The zero-order valence-corrected chi connectivity index (χ0v) is 9.53. The normalized spacial score (nSPS) is 24.6. The van der Waals surface area contributed by atoms with E-state index in [1.54, 1.807) is 0 Å². The van der Waals surface area contributed by atoms with Crippen LogP contribution in [0, 0.1) is 5.92 Å². The van der Waals surface area contributed by atoms with E-state index >= 15 is 0 Å². The molecule has 84 valence electrons. The monoisotopic (exact) mass is 215 g/mol. The second kappa shape index (κ2) is 3.91. The molecule has 3 heteroatoms. The average molecular weight is 215 g/mol. The van der Waals surface area contributed by atoms with Gasteiger partial charge in [0.15, 0.2) is 0 Å². The number of hydrogen-bond acceptors (Lipinski definition) is 2. The van der Waals surface area contributed by atoms with Gasteiger partial charge in [-0.1, -0.05) is 25.1 Å². The number of benzene rings is 1. The van der Waals surface area contributed by atoms with Gasteiger partial charge in [0.05, 0.1) is 11.7 Å². The molecule has 0 saturated heterocycles. The molecule has 1 aliphatic rings. The molecule has 0 atom stereocenters. The maximum absolute atomic E-state index is 4.08. The molecule has 1 aromatic carbocycles. The minimum absolute atomic E-state index is 0.716. The Kier molecular flexibility index (Phi) is 2.40. The SMILES string of the molecule is CC1CC(NCc2cccc3cn[nH]c23)C1. The number of aromatic nitrogens is 2. The zero-order valence-electron chi connectivity index (χ0n) is 9.53. The lowest BCUT2D eigenvalue weighted by Crippen LogP contribution is -2.39. The predicted molar refractivity (Wildman–Crippen MR) is 65.1 cm³/mol. The number of nitrogens with one attached hydrogen (secondary N) is 2. The van der Waals surface area contributed by atoms with Gasteiger partial charge in [0.2, 0.25) is 0 Å². The van der Waals surface area contributed by atoms with Crippen molar-refractivity contribution in [3.63, 3.8) is 0 Å². The smallest absolute Gasteiger partial charge is 0.0695 e. The van der Waals surface area contributed by atoms with Crippen molar-refractivity contribution in [2.75, 3.05) is 0 Å². The number of aromatic amines is 1. The van der Waals surface area contributed by atoms with Gasteiger partial charge in [0.25, 0.3) is 0 Å². The van der Waals surface area contributed by atoms with Crippen LogP contribution in [0.15, 0.2) is 24.4 Å². The topological polar surface area (TPSA) is 40.7 Å². The summed E-state index contributed by atoms with van der Waals surface area (Å²) in [5.41, 5.74) is 2.48. The fourth-order valence-electron chi connectivity index (χ4n) is 2.50. The molecule has 1 heterocycles. The van der Waals surface area contributed by atoms with Crippen molar-refractivity contribution in [2.24, 2.45) is 5.92 Å². The van der Waals surface area contributed by atoms with Gasteiger partial charge in [-0.15, -0.1) is 0 Å². The molecule has 0 radical (unpaired) electrons. The molecule has 2 aromatic rings. The quantitative estimate of drug-likeness (QED) is 0.825. The van der Waals surface area contributed by atoms with E-state index < -0.39 is 0 Å². The Hall–Kier alpha value is -1.35. The second-order valence-corrected chi connectivity index (χ2v) is 4.91. The van der Waals surface area contributed by atoms with Crippen LogP contribution < -0.4 is 5.32 Å². The maximum Gasteiger partial charge on any atom is 0.0695 e. The van der Waals surface area contributed by atoms with E-state index in [1.807, 2.05) is 6.20 Å². The first-order valence-corrected chi connectivity index (χ1v) is 5.97. The van der Waals surface area contributed by atoms with Crippen LogP contribution in [-0.2, 0) is 6.54 Å². The van der Waals surface area contributed by atoms with Gasteiger partial charge in [-0.25, -0.2) is 0 Å². The molecular weight excluding hydrogens is 198 g/mol. The third-order valence-corrected chi connectivity index (χ3v) is 3.52. The molecule has 0 spiro atoms. The first kappa shape index (κ1) is 9.85. The van der Waals surface area contributed by atoms with Gasteiger partial charge < -0.3 is 5.32 Å². The van der Waals surface area contributed by atoms with E-state index in [-0.39, 0.29) is 0 Å². The van der Waals surface area contributed by atoms with Crippen LogP contribution >= 0.6 is 0 Å². The summed E-state index contributed by atoms with van der Waals surface area (Å²) in [5.74, 6) is 0.903. The van der Waals surface area contributed by atoms with Gasteiger partial charge in [-0.05, 0) is 24.3 Å². The average Bonchev–Trinajstić information content (AvgIpc) is 2.71. The lowest BCUT2D eigenvalue weighted by Gasteiger charge is -2.33. The van der Waals surface area contributed by atoms with Gasteiger partial charge in [-0.3, -0.25) is 5.10 Å². The Bertz CT molecular complexity index is 483. The van der Waals surface area contributed by atoms with E-state index in [0.29, 0.717) is 6.04 Å². The molecule has 3 nitrogen and oxygen atoms in total. The molecule has 1 aliphatic carbocycles. The fourth-order valence-corrected chi connectivity index (χ4v) is 2.50. The van der Waals surface area contributed by atoms with Crippen LogP contribution in [0.2, 0.25) is 0 Å². The first-order valence-electron chi connectivity index (χ1n) is 5.97. The molecular formula is C13H17N3. The van der Waals surface area contributed by atoms with Crippen molar-refractivity contribution in [3.05, 3.63) is 30.0 Å². The minimum Gasteiger partial charge on any atom is -0.310 e. The highest BCUT2D eigenvalue weighted by Gasteiger charge is 2.24. The number of para-hydroxylation sites is 1. The largest absolute Gasteiger partial charge is 0.310 e. The van der Waals surface area contributed by atoms with E-state index in [9.17, 15) is 0 Å². The molecule has 2 N–H and O–H groups in total. The van der Waals surface area contributed by atoms with Gasteiger partial charge >= 0.3 is 0 Å². The molecule has 0 aliphatic heterocycles. The van der Waals surface area contributed by atoms with Crippen molar-refractivity contribution in [1.82, 2.24) is 15.5 Å². The van der Waals surface area contributed by atoms with Crippen LogP contribution in [0.25, 0.3) is 10.9 Å². The molecule has 1 fully saturated rings. The van der Waals surface area contributed by atoms with Crippen LogP contribution in [0.1, 0.15) is 25.3 Å². The van der Waals surface area contributed by atoms with E-state index in [1.165, 1.54) is 29.3 Å². The molecule has 16 heavy (non-hydrogen) atoms. The van der Waals surface area contributed by atoms with E-state index in [2.05, 4.69) is 40.6 Å². The van der Waals surface area contributed by atoms with Crippen LogP contribution in [0.4, 0.5) is 0 Å². The third-order valence-electron chi connectivity index (χ3n) is 3.52. The lowest BCUT2D eigenvalue weighted by molar-refractivity contribution is 0.240. The van der Waals surface area contributed by atoms with Crippen LogP contribution in [0.5, 0.6) is 0 Å². The molecule has 1 aromatic heterocycles. The Morgan fingerprint density at radius 3 is 3.12 bits per heavy atom. The number of rotatable bonds is 3. The molecule has 1 saturated carbocycles. The molecule has 0 amide bonds. The third kappa shape index (κ3) is 1.71. The zero-order chi connectivity index (χ0) is 11.0. The summed E-state index contributed by atoms with van der Waals surface area (Å²) >= 11 is 0. The first-order chi connectivity index (χ1) is 7.83.